The lowest BCUT2D eigenvalue weighted by Crippen LogP contribution is -2.44. The smallest absolute Gasteiger partial charge is 0.214 e. The van der Waals surface area contributed by atoms with Crippen LogP contribution in [-0.4, -0.2) is 48.0 Å². The Kier molecular flexibility index (Phi) is 4.84. The molecular formula is C15H25N3O3S. The molecule has 0 N–H and O–H groups in total. The van der Waals surface area contributed by atoms with Crippen molar-refractivity contribution < 1.29 is 13.2 Å². The molecule has 0 aromatic carbocycles. The van der Waals surface area contributed by atoms with E-state index >= 15 is 0 Å². The molecular weight excluding hydrogens is 302 g/mol. The molecule has 1 unspecified atom stereocenters. The number of aromatic nitrogens is 2. The molecule has 7 heteroatoms. The van der Waals surface area contributed by atoms with Gasteiger partial charge in [0.25, 0.3) is 0 Å². The van der Waals surface area contributed by atoms with E-state index in [1.54, 1.807) is 15.2 Å². The zero-order chi connectivity index (χ0) is 15.6. The van der Waals surface area contributed by atoms with E-state index in [9.17, 15) is 8.42 Å². The van der Waals surface area contributed by atoms with Crippen LogP contribution in [0.25, 0.3) is 0 Å². The Morgan fingerprint density at radius 3 is 2.77 bits per heavy atom. The summed E-state index contributed by atoms with van der Waals surface area (Å²) >= 11 is 0. The van der Waals surface area contributed by atoms with Crippen molar-refractivity contribution in [1.82, 2.24) is 14.1 Å². The van der Waals surface area contributed by atoms with Crippen LogP contribution in [0.4, 0.5) is 0 Å². The molecule has 1 atom stereocenters. The molecule has 1 aromatic rings. The average Bonchev–Trinajstić information content (AvgIpc) is 2.95. The van der Waals surface area contributed by atoms with Gasteiger partial charge >= 0.3 is 0 Å². The number of rotatable bonds is 4. The first-order valence-corrected chi connectivity index (χ1v) is 9.73. The van der Waals surface area contributed by atoms with Gasteiger partial charge < -0.3 is 4.74 Å². The number of ether oxygens (including phenoxy) is 1. The van der Waals surface area contributed by atoms with Crippen molar-refractivity contribution in [3.8, 4) is 0 Å². The van der Waals surface area contributed by atoms with Crippen LogP contribution in [0.1, 0.15) is 43.8 Å². The molecule has 0 radical (unpaired) electrons. The number of hydrogen-bond donors (Lipinski definition) is 0. The summed E-state index contributed by atoms with van der Waals surface area (Å²) in [5.74, 6) is 0.630. The molecule has 6 nitrogen and oxygen atoms in total. The molecule has 2 aliphatic rings. The maximum absolute atomic E-state index is 12.7. The van der Waals surface area contributed by atoms with E-state index in [-0.39, 0.29) is 6.10 Å². The first kappa shape index (κ1) is 16.0. The summed E-state index contributed by atoms with van der Waals surface area (Å²) in [4.78, 5) is 0. The standard InChI is InChI=1S/C15H25N3O3S/c1-17-10-14(9-16-17)15-11-18(7-8-21-15)22(19,20)12-13-5-3-2-4-6-13/h9-10,13,15H,2-8,11-12H2,1H3. The zero-order valence-corrected chi connectivity index (χ0v) is 14.0. The Morgan fingerprint density at radius 1 is 1.32 bits per heavy atom. The maximum atomic E-state index is 12.7. The molecule has 0 bridgehead atoms. The largest absolute Gasteiger partial charge is 0.371 e. The van der Waals surface area contributed by atoms with Crippen molar-refractivity contribution in [2.45, 2.75) is 38.2 Å². The van der Waals surface area contributed by atoms with Gasteiger partial charge in [-0.1, -0.05) is 19.3 Å². The Bertz CT molecular complexity index is 593. The second kappa shape index (κ2) is 6.68. The number of aryl methyl sites for hydroxylation is 1. The van der Waals surface area contributed by atoms with E-state index in [1.165, 1.54) is 19.3 Å². The van der Waals surface area contributed by atoms with Crippen LogP contribution in [0.3, 0.4) is 0 Å². The van der Waals surface area contributed by atoms with Crippen LogP contribution in [0.2, 0.25) is 0 Å². The summed E-state index contributed by atoms with van der Waals surface area (Å²) in [6.07, 6.45) is 9.12. The van der Waals surface area contributed by atoms with Gasteiger partial charge in [-0.05, 0) is 18.8 Å². The highest BCUT2D eigenvalue weighted by molar-refractivity contribution is 7.89. The molecule has 0 spiro atoms. The van der Waals surface area contributed by atoms with E-state index in [1.807, 2.05) is 13.2 Å². The van der Waals surface area contributed by atoms with Crippen molar-refractivity contribution in [2.24, 2.45) is 13.0 Å². The summed E-state index contributed by atoms with van der Waals surface area (Å²) in [5, 5.41) is 4.14. The van der Waals surface area contributed by atoms with Gasteiger partial charge in [0.05, 0.1) is 24.7 Å². The maximum Gasteiger partial charge on any atom is 0.214 e. The van der Waals surface area contributed by atoms with E-state index in [4.69, 9.17) is 4.74 Å². The van der Waals surface area contributed by atoms with Crippen molar-refractivity contribution in [3.05, 3.63) is 18.0 Å². The Balaban J connectivity index is 1.65. The lowest BCUT2D eigenvalue weighted by atomic mass is 9.91. The minimum atomic E-state index is -3.19. The van der Waals surface area contributed by atoms with Gasteiger partial charge in [0.15, 0.2) is 0 Å². The van der Waals surface area contributed by atoms with Crippen LogP contribution in [0.15, 0.2) is 12.4 Å². The minimum absolute atomic E-state index is 0.205. The third-order valence-electron chi connectivity index (χ3n) is 4.69. The van der Waals surface area contributed by atoms with Gasteiger partial charge in [-0.15, -0.1) is 0 Å². The predicted octanol–water partition coefficient (Wildman–Crippen LogP) is 1.70. The fourth-order valence-electron chi connectivity index (χ4n) is 3.44. The molecule has 1 saturated carbocycles. The first-order valence-electron chi connectivity index (χ1n) is 8.12. The number of hydrogen-bond acceptors (Lipinski definition) is 4. The Morgan fingerprint density at radius 2 is 2.09 bits per heavy atom. The SMILES string of the molecule is Cn1cc(C2CN(S(=O)(=O)CC3CCCCC3)CCO2)cn1. The van der Waals surface area contributed by atoms with Crippen molar-refractivity contribution in [3.63, 3.8) is 0 Å². The summed E-state index contributed by atoms with van der Waals surface area (Å²) in [6.45, 7) is 1.32. The second-order valence-corrected chi connectivity index (χ2v) is 8.46. The highest BCUT2D eigenvalue weighted by Gasteiger charge is 2.32. The highest BCUT2D eigenvalue weighted by atomic mass is 32.2. The fourth-order valence-corrected chi connectivity index (χ4v) is 5.30. The number of nitrogens with zero attached hydrogens (tertiary/aromatic N) is 3. The average molecular weight is 327 g/mol. The Labute approximate surface area is 132 Å². The van der Waals surface area contributed by atoms with Gasteiger partial charge in [-0.2, -0.15) is 9.40 Å². The van der Waals surface area contributed by atoms with Crippen LogP contribution in [-0.2, 0) is 21.8 Å². The fraction of sp³-hybridized carbons (Fsp3) is 0.800. The number of sulfonamides is 1. The van der Waals surface area contributed by atoms with Crippen LogP contribution in [0, 0.1) is 5.92 Å². The molecule has 0 amide bonds. The first-order chi connectivity index (χ1) is 10.5. The molecule has 1 aromatic heterocycles. The topological polar surface area (TPSA) is 64.4 Å². The summed E-state index contributed by atoms with van der Waals surface area (Å²) < 4.78 is 34.4. The summed E-state index contributed by atoms with van der Waals surface area (Å²) in [5.41, 5.74) is 0.945. The molecule has 124 valence electrons. The number of morpholine rings is 1. The summed E-state index contributed by atoms with van der Waals surface area (Å²) in [6, 6.07) is 0. The van der Waals surface area contributed by atoms with E-state index in [2.05, 4.69) is 5.10 Å². The Hall–Kier alpha value is -0.920. The highest BCUT2D eigenvalue weighted by Crippen LogP contribution is 2.28. The molecule has 1 aliphatic heterocycles. The van der Waals surface area contributed by atoms with Gasteiger partial charge in [-0.3, -0.25) is 4.68 Å². The monoisotopic (exact) mass is 327 g/mol. The second-order valence-electron chi connectivity index (χ2n) is 6.45. The third-order valence-corrected chi connectivity index (χ3v) is 6.70. The van der Waals surface area contributed by atoms with Crippen molar-refractivity contribution in [2.75, 3.05) is 25.4 Å². The van der Waals surface area contributed by atoms with Gasteiger partial charge in [0.2, 0.25) is 10.0 Å². The van der Waals surface area contributed by atoms with Crippen LogP contribution < -0.4 is 0 Å². The van der Waals surface area contributed by atoms with Gasteiger partial charge in [-0.25, -0.2) is 8.42 Å². The van der Waals surface area contributed by atoms with Crippen LogP contribution in [0.5, 0.6) is 0 Å². The lowest BCUT2D eigenvalue weighted by molar-refractivity contribution is -0.00271. The van der Waals surface area contributed by atoms with E-state index in [0.29, 0.717) is 31.4 Å². The normalized spacial score (nSPS) is 25.4. The predicted molar refractivity (Wildman–Crippen MR) is 83.8 cm³/mol. The minimum Gasteiger partial charge on any atom is -0.371 e. The lowest BCUT2D eigenvalue weighted by Gasteiger charge is -2.33. The molecule has 3 rings (SSSR count). The van der Waals surface area contributed by atoms with Gasteiger partial charge in [0.1, 0.15) is 0 Å². The van der Waals surface area contributed by atoms with Gasteiger partial charge in [0, 0.05) is 31.9 Å². The van der Waals surface area contributed by atoms with E-state index in [0.717, 1.165) is 18.4 Å². The van der Waals surface area contributed by atoms with E-state index < -0.39 is 10.0 Å². The molecule has 1 saturated heterocycles. The summed E-state index contributed by atoms with van der Waals surface area (Å²) in [7, 11) is -1.34. The molecule has 2 heterocycles. The quantitative estimate of drug-likeness (QED) is 0.844. The molecule has 2 fully saturated rings. The van der Waals surface area contributed by atoms with Crippen molar-refractivity contribution in [1.29, 1.82) is 0 Å². The van der Waals surface area contributed by atoms with Crippen molar-refractivity contribution >= 4 is 10.0 Å². The third kappa shape index (κ3) is 3.70. The molecule has 1 aliphatic carbocycles. The van der Waals surface area contributed by atoms with Crippen LogP contribution >= 0.6 is 0 Å². The molecule has 22 heavy (non-hydrogen) atoms. The zero-order valence-electron chi connectivity index (χ0n) is 13.1.